The molecule has 0 spiro atoms. The van der Waals surface area contributed by atoms with Crippen molar-refractivity contribution in [1.82, 2.24) is 15.2 Å². The van der Waals surface area contributed by atoms with Gasteiger partial charge in [0, 0.05) is 24.5 Å². The van der Waals surface area contributed by atoms with Gasteiger partial charge in [0.05, 0.1) is 6.26 Å². The lowest BCUT2D eigenvalue weighted by atomic mass is 10.0. The Bertz CT molecular complexity index is 936. The van der Waals surface area contributed by atoms with Gasteiger partial charge in [-0.15, -0.1) is 11.3 Å². The molecule has 3 aromatic rings. The van der Waals surface area contributed by atoms with Crippen molar-refractivity contribution in [2.24, 2.45) is 0 Å². The van der Waals surface area contributed by atoms with Crippen LogP contribution < -0.4 is 5.32 Å². The average Bonchev–Trinajstić information content (AvgIpc) is 3.43. The van der Waals surface area contributed by atoms with E-state index in [2.05, 4.69) is 10.3 Å². The van der Waals surface area contributed by atoms with Crippen molar-refractivity contribution in [3.63, 3.8) is 0 Å². The van der Waals surface area contributed by atoms with Crippen molar-refractivity contribution in [1.29, 1.82) is 0 Å². The minimum Gasteiger partial charge on any atom is -0.459 e. The molecule has 4 rings (SSSR count). The average molecular weight is 385 g/mol. The number of carbonyl (C=O) groups excluding carboxylic acids is 2. The molecule has 7 nitrogen and oxygen atoms in total. The molecule has 0 aliphatic carbocycles. The molecule has 3 aromatic heterocycles. The summed E-state index contributed by atoms with van der Waals surface area (Å²) in [6.45, 7) is 3.03. The molecule has 1 fully saturated rings. The molecule has 0 aromatic carbocycles. The predicted octanol–water partition coefficient (Wildman–Crippen LogP) is 3.34. The highest BCUT2D eigenvalue weighted by atomic mass is 32.1. The number of aromatic nitrogens is 1. The van der Waals surface area contributed by atoms with E-state index in [4.69, 9.17) is 8.83 Å². The van der Waals surface area contributed by atoms with Crippen LogP contribution in [0.25, 0.3) is 10.8 Å². The van der Waals surface area contributed by atoms with Gasteiger partial charge in [0.25, 0.3) is 11.8 Å². The highest BCUT2D eigenvalue weighted by Crippen LogP contribution is 2.25. The van der Waals surface area contributed by atoms with Crippen LogP contribution in [0.15, 0.2) is 44.7 Å². The van der Waals surface area contributed by atoms with Crippen molar-refractivity contribution in [2.75, 3.05) is 13.1 Å². The topological polar surface area (TPSA) is 88.6 Å². The van der Waals surface area contributed by atoms with Gasteiger partial charge in [-0.2, -0.15) is 0 Å². The second kappa shape index (κ2) is 7.40. The molecule has 0 radical (unpaired) electrons. The summed E-state index contributed by atoms with van der Waals surface area (Å²) in [4.78, 5) is 30.9. The number of hydrogen-bond acceptors (Lipinski definition) is 6. The molecule has 1 aliphatic rings. The number of nitrogens with zero attached hydrogens (tertiary/aromatic N) is 2. The van der Waals surface area contributed by atoms with Crippen molar-refractivity contribution in [3.05, 3.63) is 53.1 Å². The molecule has 0 bridgehead atoms. The number of rotatable bonds is 4. The maximum atomic E-state index is 12.5. The Balaban J connectivity index is 1.32. The van der Waals surface area contributed by atoms with Gasteiger partial charge >= 0.3 is 0 Å². The number of hydrogen-bond donors (Lipinski definition) is 1. The fourth-order valence-electron chi connectivity index (χ4n) is 3.08. The molecule has 140 valence electrons. The molecule has 1 N–H and O–H groups in total. The lowest BCUT2D eigenvalue weighted by molar-refractivity contribution is 0.0667. The van der Waals surface area contributed by atoms with Crippen LogP contribution in [-0.2, 0) is 0 Å². The monoisotopic (exact) mass is 385 g/mol. The summed E-state index contributed by atoms with van der Waals surface area (Å²) in [5, 5.41) is 5.43. The molecular weight excluding hydrogens is 366 g/mol. The molecule has 1 saturated heterocycles. The van der Waals surface area contributed by atoms with Crippen LogP contribution >= 0.6 is 11.3 Å². The van der Waals surface area contributed by atoms with Crippen molar-refractivity contribution >= 4 is 23.2 Å². The normalized spacial score (nSPS) is 15.1. The Hall–Kier alpha value is -2.87. The molecule has 0 saturated carbocycles. The Morgan fingerprint density at radius 2 is 2.07 bits per heavy atom. The molecule has 0 atom stereocenters. The molecule has 2 amide bonds. The van der Waals surface area contributed by atoms with E-state index in [-0.39, 0.29) is 17.9 Å². The number of thiazole rings is 1. The lowest BCUT2D eigenvalue weighted by Crippen LogP contribution is -2.46. The Labute approximate surface area is 160 Å². The van der Waals surface area contributed by atoms with E-state index in [1.807, 2.05) is 19.1 Å². The second-order valence-corrected chi connectivity index (χ2v) is 7.32. The van der Waals surface area contributed by atoms with Gasteiger partial charge in [-0.3, -0.25) is 9.59 Å². The molecule has 8 heteroatoms. The number of nitrogens with one attached hydrogen (secondary N) is 1. The number of furan rings is 2. The number of likely N-dealkylation sites (tertiary alicyclic amines) is 1. The largest absolute Gasteiger partial charge is 0.459 e. The van der Waals surface area contributed by atoms with Gasteiger partial charge in [0.15, 0.2) is 16.5 Å². The highest BCUT2D eigenvalue weighted by Gasteiger charge is 2.26. The third-order valence-corrected chi connectivity index (χ3v) is 5.39. The van der Waals surface area contributed by atoms with Crippen LogP contribution in [-0.4, -0.2) is 40.8 Å². The smallest absolute Gasteiger partial charge is 0.289 e. The first kappa shape index (κ1) is 17.5. The summed E-state index contributed by atoms with van der Waals surface area (Å²) in [5.41, 5.74) is 0.387. The fraction of sp³-hybridized carbons (Fsp3) is 0.316. The van der Waals surface area contributed by atoms with Crippen molar-refractivity contribution in [2.45, 2.75) is 25.8 Å². The van der Waals surface area contributed by atoms with Gasteiger partial charge in [-0.25, -0.2) is 4.98 Å². The fourth-order valence-corrected chi connectivity index (χ4v) is 3.84. The van der Waals surface area contributed by atoms with Gasteiger partial charge in [0.1, 0.15) is 11.5 Å². The zero-order valence-electron chi connectivity index (χ0n) is 14.8. The van der Waals surface area contributed by atoms with E-state index >= 15 is 0 Å². The summed E-state index contributed by atoms with van der Waals surface area (Å²) in [7, 11) is 0. The van der Waals surface area contributed by atoms with E-state index in [1.165, 1.54) is 17.6 Å². The minimum atomic E-state index is -0.198. The molecule has 27 heavy (non-hydrogen) atoms. The summed E-state index contributed by atoms with van der Waals surface area (Å²) < 4.78 is 10.7. The Kier molecular flexibility index (Phi) is 4.81. The van der Waals surface area contributed by atoms with Gasteiger partial charge in [-0.1, -0.05) is 0 Å². The number of piperidine rings is 1. The van der Waals surface area contributed by atoms with Gasteiger partial charge in [0.2, 0.25) is 0 Å². The van der Waals surface area contributed by atoms with E-state index in [1.54, 1.807) is 22.4 Å². The molecule has 1 aliphatic heterocycles. The number of aryl methyl sites for hydroxylation is 1. The second-order valence-electron chi connectivity index (χ2n) is 6.47. The van der Waals surface area contributed by atoms with Crippen molar-refractivity contribution in [3.8, 4) is 10.8 Å². The number of carbonyl (C=O) groups is 2. The van der Waals surface area contributed by atoms with Crippen molar-refractivity contribution < 1.29 is 18.4 Å². The zero-order valence-corrected chi connectivity index (χ0v) is 15.6. The van der Waals surface area contributed by atoms with Crippen LogP contribution in [0.2, 0.25) is 0 Å². The highest BCUT2D eigenvalue weighted by molar-refractivity contribution is 7.13. The van der Waals surface area contributed by atoms with E-state index in [0.29, 0.717) is 48.2 Å². The van der Waals surface area contributed by atoms with Crippen LogP contribution in [0.3, 0.4) is 0 Å². The Morgan fingerprint density at radius 1 is 1.26 bits per heavy atom. The third kappa shape index (κ3) is 3.80. The van der Waals surface area contributed by atoms with Crippen LogP contribution in [0.1, 0.15) is 39.6 Å². The van der Waals surface area contributed by atoms with Crippen LogP contribution in [0, 0.1) is 6.92 Å². The summed E-state index contributed by atoms with van der Waals surface area (Å²) >= 11 is 1.38. The first-order valence-corrected chi connectivity index (χ1v) is 9.64. The maximum absolute atomic E-state index is 12.5. The summed E-state index contributed by atoms with van der Waals surface area (Å²) in [5.74, 6) is 1.52. The standard InChI is InChI=1S/C19H19N3O4S/c1-12-4-5-15(26-12)18-21-14(11-27-18)17(23)20-13-6-8-22(9-7-13)19(24)16-3-2-10-25-16/h2-5,10-11,13H,6-9H2,1H3,(H,20,23). The first-order chi connectivity index (χ1) is 13.1. The number of amides is 2. The third-order valence-electron chi connectivity index (χ3n) is 4.54. The first-order valence-electron chi connectivity index (χ1n) is 8.76. The van der Waals surface area contributed by atoms with Gasteiger partial charge in [-0.05, 0) is 44.0 Å². The van der Waals surface area contributed by atoms with Crippen LogP contribution in [0.5, 0.6) is 0 Å². The van der Waals surface area contributed by atoms with E-state index in [9.17, 15) is 9.59 Å². The van der Waals surface area contributed by atoms with E-state index in [0.717, 1.165) is 5.76 Å². The zero-order chi connectivity index (χ0) is 18.8. The Morgan fingerprint density at radius 3 is 2.74 bits per heavy atom. The van der Waals surface area contributed by atoms with E-state index < -0.39 is 0 Å². The molecule has 0 unspecified atom stereocenters. The van der Waals surface area contributed by atoms with Crippen LogP contribution in [0.4, 0.5) is 0 Å². The molecule has 4 heterocycles. The summed E-state index contributed by atoms with van der Waals surface area (Å²) in [6, 6.07) is 7.10. The molecular formula is C19H19N3O4S. The lowest BCUT2D eigenvalue weighted by Gasteiger charge is -2.31. The maximum Gasteiger partial charge on any atom is 0.289 e. The predicted molar refractivity (Wildman–Crippen MR) is 99.7 cm³/mol. The minimum absolute atomic E-state index is 0.0224. The quantitative estimate of drug-likeness (QED) is 0.744. The van der Waals surface area contributed by atoms with Gasteiger partial charge < -0.3 is 19.1 Å². The SMILES string of the molecule is Cc1ccc(-c2nc(C(=O)NC3CCN(C(=O)c4ccco4)CC3)cs2)o1. The summed E-state index contributed by atoms with van der Waals surface area (Å²) in [6.07, 6.45) is 2.89.